The zero-order valence-electron chi connectivity index (χ0n) is 18.4. The fraction of sp³-hybridized carbons (Fsp3) is 0.120. The van der Waals surface area contributed by atoms with Gasteiger partial charge in [-0.05, 0) is 48.9 Å². The number of aromatic nitrogens is 3. The summed E-state index contributed by atoms with van der Waals surface area (Å²) in [6, 6.07) is 24.7. The smallest absolute Gasteiger partial charge is 0.250 e. The van der Waals surface area contributed by atoms with Crippen LogP contribution >= 0.6 is 23.4 Å². The van der Waals surface area contributed by atoms with Gasteiger partial charge in [0.1, 0.15) is 5.75 Å². The van der Waals surface area contributed by atoms with Crippen molar-refractivity contribution in [3.8, 4) is 22.8 Å². The number of nitrogens with one attached hydrogen (secondary N) is 1. The van der Waals surface area contributed by atoms with Crippen LogP contribution in [0, 0.1) is 0 Å². The van der Waals surface area contributed by atoms with Gasteiger partial charge in [-0.25, -0.2) is 5.43 Å². The van der Waals surface area contributed by atoms with Gasteiger partial charge in [0.15, 0.2) is 11.0 Å². The third kappa shape index (κ3) is 6.03. The molecule has 1 N–H and O–H groups in total. The molecule has 4 aromatic rings. The first-order valence-corrected chi connectivity index (χ1v) is 11.9. The average Bonchev–Trinajstić information content (AvgIpc) is 3.29. The molecule has 1 aromatic heterocycles. The molecule has 0 aliphatic heterocycles. The summed E-state index contributed by atoms with van der Waals surface area (Å²) >= 11 is 7.16. The minimum absolute atomic E-state index is 0.127. The number of nitrogens with zero attached hydrogens (tertiary/aromatic N) is 4. The number of thioether (sulfide) groups is 1. The molecule has 0 unspecified atom stereocenters. The van der Waals surface area contributed by atoms with Gasteiger partial charge in [-0.15, -0.1) is 10.2 Å². The van der Waals surface area contributed by atoms with Crippen molar-refractivity contribution in [2.24, 2.45) is 5.10 Å². The van der Waals surface area contributed by atoms with Gasteiger partial charge in [0.25, 0.3) is 5.91 Å². The Kier molecular flexibility index (Phi) is 7.95. The summed E-state index contributed by atoms with van der Waals surface area (Å²) in [6.07, 6.45) is 1.56. The molecule has 0 saturated heterocycles. The van der Waals surface area contributed by atoms with Crippen LogP contribution in [-0.4, -0.2) is 39.2 Å². The monoisotopic (exact) mass is 491 g/mol. The summed E-state index contributed by atoms with van der Waals surface area (Å²) in [7, 11) is 0. The second-order valence-electron chi connectivity index (χ2n) is 7.07. The van der Waals surface area contributed by atoms with E-state index in [9.17, 15) is 4.79 Å². The van der Waals surface area contributed by atoms with Crippen LogP contribution in [0.4, 0.5) is 0 Å². The summed E-state index contributed by atoms with van der Waals surface area (Å²) in [5.74, 6) is 1.35. The number of hydrogen-bond acceptors (Lipinski definition) is 6. The summed E-state index contributed by atoms with van der Waals surface area (Å²) in [5.41, 5.74) is 5.17. The van der Waals surface area contributed by atoms with Gasteiger partial charge < -0.3 is 4.74 Å². The maximum Gasteiger partial charge on any atom is 0.250 e. The molecule has 0 aliphatic carbocycles. The summed E-state index contributed by atoms with van der Waals surface area (Å²) < 4.78 is 7.49. The van der Waals surface area contributed by atoms with Crippen LogP contribution in [-0.2, 0) is 4.79 Å². The SMILES string of the molecule is CCOc1ccc(-n2c(SCC(=O)N/N=C/c3ccc(Cl)cc3)nnc2-c2ccccc2)cc1. The third-order valence-corrected chi connectivity index (χ3v) is 5.86. The van der Waals surface area contributed by atoms with Crippen LogP contribution in [0.2, 0.25) is 5.02 Å². The highest BCUT2D eigenvalue weighted by Crippen LogP contribution is 2.28. The lowest BCUT2D eigenvalue weighted by molar-refractivity contribution is -0.118. The molecule has 0 radical (unpaired) electrons. The Morgan fingerprint density at radius 3 is 2.50 bits per heavy atom. The van der Waals surface area contributed by atoms with Gasteiger partial charge in [0.05, 0.1) is 18.6 Å². The lowest BCUT2D eigenvalue weighted by Crippen LogP contribution is -2.20. The quantitative estimate of drug-likeness (QED) is 0.197. The molecule has 34 heavy (non-hydrogen) atoms. The molecule has 0 bridgehead atoms. The molecule has 0 saturated carbocycles. The van der Waals surface area contributed by atoms with E-state index in [0.29, 0.717) is 22.6 Å². The van der Waals surface area contributed by atoms with Gasteiger partial charge in [-0.1, -0.05) is 65.8 Å². The van der Waals surface area contributed by atoms with E-state index in [1.807, 2.05) is 78.2 Å². The molecule has 0 aliphatic rings. The number of carbonyl (C=O) groups excluding carboxylic acids is 1. The normalized spacial score (nSPS) is 11.0. The van der Waals surface area contributed by atoms with E-state index in [-0.39, 0.29) is 11.7 Å². The van der Waals surface area contributed by atoms with E-state index < -0.39 is 0 Å². The van der Waals surface area contributed by atoms with E-state index in [1.165, 1.54) is 11.8 Å². The molecule has 1 amide bonds. The molecule has 0 atom stereocenters. The lowest BCUT2D eigenvalue weighted by Gasteiger charge is -2.11. The van der Waals surface area contributed by atoms with Crippen molar-refractivity contribution in [2.75, 3.05) is 12.4 Å². The predicted molar refractivity (Wildman–Crippen MR) is 136 cm³/mol. The third-order valence-electron chi connectivity index (χ3n) is 4.68. The predicted octanol–water partition coefficient (Wildman–Crippen LogP) is 5.23. The molecule has 0 spiro atoms. The Hall–Kier alpha value is -3.62. The first kappa shape index (κ1) is 23.5. The molecule has 172 valence electrons. The number of amides is 1. The standard InChI is InChI=1S/C25H22ClN5O2S/c1-2-33-22-14-12-21(13-15-22)31-24(19-6-4-3-5-7-19)29-30-25(31)34-17-23(32)28-27-16-18-8-10-20(26)11-9-18/h3-16H,2,17H2,1H3,(H,28,32)/b27-16+. The Bertz CT molecular complexity index is 1260. The second-order valence-corrected chi connectivity index (χ2v) is 8.45. The van der Waals surface area contributed by atoms with Crippen LogP contribution in [0.1, 0.15) is 12.5 Å². The topological polar surface area (TPSA) is 81.4 Å². The number of rotatable bonds is 9. The minimum Gasteiger partial charge on any atom is -0.494 e. The molecule has 3 aromatic carbocycles. The molecule has 9 heteroatoms. The molecule has 7 nitrogen and oxygen atoms in total. The first-order valence-electron chi connectivity index (χ1n) is 10.6. The van der Waals surface area contributed by atoms with E-state index in [0.717, 1.165) is 22.6 Å². The number of carbonyl (C=O) groups is 1. The van der Waals surface area contributed by atoms with Gasteiger partial charge in [-0.2, -0.15) is 5.10 Å². The maximum absolute atomic E-state index is 12.4. The van der Waals surface area contributed by atoms with Crippen molar-refractivity contribution in [1.29, 1.82) is 0 Å². The van der Waals surface area contributed by atoms with Crippen LogP contribution < -0.4 is 10.2 Å². The highest BCUT2D eigenvalue weighted by atomic mass is 35.5. The summed E-state index contributed by atoms with van der Waals surface area (Å²) in [6.45, 7) is 2.54. The fourth-order valence-corrected chi connectivity index (χ4v) is 3.99. The van der Waals surface area contributed by atoms with Crippen molar-refractivity contribution < 1.29 is 9.53 Å². The van der Waals surface area contributed by atoms with Crippen LogP contribution in [0.15, 0.2) is 89.1 Å². The largest absolute Gasteiger partial charge is 0.494 e. The Labute approximate surface area is 206 Å². The Morgan fingerprint density at radius 2 is 1.79 bits per heavy atom. The summed E-state index contributed by atoms with van der Waals surface area (Å²) in [5, 5.41) is 14.0. The second kappa shape index (κ2) is 11.5. The molecule has 4 rings (SSSR count). The van der Waals surface area contributed by atoms with Crippen molar-refractivity contribution in [2.45, 2.75) is 12.1 Å². The van der Waals surface area contributed by atoms with E-state index in [4.69, 9.17) is 16.3 Å². The Morgan fingerprint density at radius 1 is 1.06 bits per heavy atom. The highest BCUT2D eigenvalue weighted by molar-refractivity contribution is 7.99. The van der Waals surface area contributed by atoms with Crippen molar-refractivity contribution in [1.82, 2.24) is 20.2 Å². The first-order chi connectivity index (χ1) is 16.6. The average molecular weight is 492 g/mol. The van der Waals surface area contributed by atoms with Crippen LogP contribution in [0.3, 0.4) is 0 Å². The van der Waals surface area contributed by atoms with Crippen LogP contribution in [0.25, 0.3) is 17.1 Å². The number of hydrogen-bond donors (Lipinski definition) is 1. The lowest BCUT2D eigenvalue weighted by atomic mass is 10.2. The summed E-state index contributed by atoms with van der Waals surface area (Å²) in [4.78, 5) is 12.4. The molecular weight excluding hydrogens is 470 g/mol. The van der Waals surface area contributed by atoms with E-state index in [1.54, 1.807) is 18.3 Å². The van der Waals surface area contributed by atoms with Crippen LogP contribution in [0.5, 0.6) is 5.75 Å². The van der Waals surface area contributed by atoms with Gasteiger partial charge in [0.2, 0.25) is 0 Å². The van der Waals surface area contributed by atoms with Crippen molar-refractivity contribution in [3.05, 3.63) is 89.4 Å². The molecule has 1 heterocycles. The highest BCUT2D eigenvalue weighted by Gasteiger charge is 2.17. The number of halogens is 1. The Balaban J connectivity index is 1.50. The minimum atomic E-state index is -0.252. The van der Waals surface area contributed by atoms with E-state index in [2.05, 4.69) is 20.7 Å². The van der Waals surface area contributed by atoms with Gasteiger partial charge >= 0.3 is 0 Å². The zero-order chi connectivity index (χ0) is 23.8. The number of ether oxygens (including phenoxy) is 1. The van der Waals surface area contributed by atoms with Gasteiger partial charge in [0, 0.05) is 16.3 Å². The zero-order valence-corrected chi connectivity index (χ0v) is 20.0. The number of benzene rings is 3. The van der Waals surface area contributed by atoms with E-state index >= 15 is 0 Å². The maximum atomic E-state index is 12.4. The van der Waals surface area contributed by atoms with Crippen molar-refractivity contribution in [3.63, 3.8) is 0 Å². The fourth-order valence-electron chi connectivity index (χ4n) is 3.12. The van der Waals surface area contributed by atoms with Gasteiger partial charge in [-0.3, -0.25) is 9.36 Å². The number of hydrazone groups is 1. The molecule has 0 fully saturated rings. The van der Waals surface area contributed by atoms with Crippen molar-refractivity contribution >= 4 is 35.5 Å². The molecular formula is C25H22ClN5O2S.